The van der Waals surface area contributed by atoms with Crippen molar-refractivity contribution in [2.45, 2.75) is 39.7 Å². The first-order chi connectivity index (χ1) is 11.3. The van der Waals surface area contributed by atoms with E-state index in [4.69, 9.17) is 5.11 Å². The molecule has 2 rings (SSSR count). The van der Waals surface area contributed by atoms with Crippen LogP contribution in [-0.4, -0.2) is 46.9 Å². The van der Waals surface area contributed by atoms with E-state index in [9.17, 15) is 14.4 Å². The SMILES string of the molecule is Cc1cc(C)cc(C(=O)N2CCCC(C(=O)N[C@H](C)C(=O)O)C2)c1. The summed E-state index contributed by atoms with van der Waals surface area (Å²) >= 11 is 0. The summed E-state index contributed by atoms with van der Waals surface area (Å²) in [6, 6.07) is 4.79. The molecule has 2 N–H and O–H groups in total. The quantitative estimate of drug-likeness (QED) is 0.879. The predicted octanol–water partition coefficient (Wildman–Crippen LogP) is 1.74. The molecule has 2 amide bonds. The molecule has 6 nitrogen and oxygen atoms in total. The summed E-state index contributed by atoms with van der Waals surface area (Å²) in [7, 11) is 0. The van der Waals surface area contributed by atoms with Gasteiger partial charge in [-0.05, 0) is 45.7 Å². The van der Waals surface area contributed by atoms with E-state index in [2.05, 4.69) is 5.32 Å². The average molecular weight is 332 g/mol. The van der Waals surface area contributed by atoms with Crippen LogP contribution in [0, 0.1) is 19.8 Å². The smallest absolute Gasteiger partial charge is 0.325 e. The lowest BCUT2D eigenvalue weighted by Crippen LogP contribution is -2.48. The van der Waals surface area contributed by atoms with Crippen molar-refractivity contribution in [3.05, 3.63) is 34.9 Å². The number of hydrogen-bond acceptors (Lipinski definition) is 3. The highest BCUT2D eigenvalue weighted by atomic mass is 16.4. The number of carboxylic acid groups (broad SMARTS) is 1. The molecule has 1 aromatic rings. The van der Waals surface area contributed by atoms with Crippen LogP contribution in [0.15, 0.2) is 18.2 Å². The first kappa shape index (κ1) is 18.0. The van der Waals surface area contributed by atoms with Gasteiger partial charge in [-0.3, -0.25) is 14.4 Å². The molecule has 1 fully saturated rings. The van der Waals surface area contributed by atoms with Gasteiger partial charge < -0.3 is 15.3 Å². The Morgan fingerprint density at radius 2 is 1.83 bits per heavy atom. The first-order valence-electron chi connectivity index (χ1n) is 8.18. The maximum Gasteiger partial charge on any atom is 0.325 e. The molecule has 2 atom stereocenters. The fourth-order valence-corrected chi connectivity index (χ4v) is 3.05. The van der Waals surface area contributed by atoms with Crippen molar-refractivity contribution in [1.82, 2.24) is 10.2 Å². The van der Waals surface area contributed by atoms with Crippen molar-refractivity contribution >= 4 is 17.8 Å². The van der Waals surface area contributed by atoms with E-state index in [0.717, 1.165) is 17.5 Å². The maximum atomic E-state index is 12.7. The number of carbonyl (C=O) groups is 3. The van der Waals surface area contributed by atoms with Gasteiger partial charge in [-0.25, -0.2) is 0 Å². The molecular formula is C18H24N2O4. The third-order valence-corrected chi connectivity index (χ3v) is 4.28. The molecule has 24 heavy (non-hydrogen) atoms. The molecule has 1 aliphatic rings. The minimum atomic E-state index is -1.07. The lowest BCUT2D eigenvalue weighted by Gasteiger charge is -2.32. The van der Waals surface area contributed by atoms with Gasteiger partial charge in [0.15, 0.2) is 0 Å². The number of rotatable bonds is 4. The number of amides is 2. The van der Waals surface area contributed by atoms with Gasteiger partial charge in [-0.2, -0.15) is 0 Å². The average Bonchev–Trinajstić information content (AvgIpc) is 2.53. The van der Waals surface area contributed by atoms with Crippen LogP contribution in [0.25, 0.3) is 0 Å². The largest absolute Gasteiger partial charge is 0.480 e. The number of piperidine rings is 1. The summed E-state index contributed by atoms with van der Waals surface area (Å²) in [5.41, 5.74) is 2.69. The highest BCUT2D eigenvalue weighted by Crippen LogP contribution is 2.20. The molecule has 0 aliphatic carbocycles. The first-order valence-corrected chi connectivity index (χ1v) is 8.18. The van der Waals surface area contributed by atoms with Crippen LogP contribution in [-0.2, 0) is 9.59 Å². The van der Waals surface area contributed by atoms with Crippen LogP contribution < -0.4 is 5.32 Å². The maximum absolute atomic E-state index is 12.7. The monoisotopic (exact) mass is 332 g/mol. The summed E-state index contributed by atoms with van der Waals surface area (Å²) in [5.74, 6) is -1.81. The Kier molecular flexibility index (Phi) is 5.59. The van der Waals surface area contributed by atoms with Gasteiger partial charge in [0.2, 0.25) is 5.91 Å². The fraction of sp³-hybridized carbons (Fsp3) is 0.500. The number of benzene rings is 1. The number of nitrogens with one attached hydrogen (secondary N) is 1. The van der Waals surface area contributed by atoms with Gasteiger partial charge in [-0.15, -0.1) is 0 Å². The summed E-state index contributed by atoms with van der Waals surface area (Å²) in [5, 5.41) is 11.4. The minimum absolute atomic E-state index is 0.0782. The number of aryl methyl sites for hydroxylation is 2. The van der Waals surface area contributed by atoms with E-state index in [-0.39, 0.29) is 17.7 Å². The third-order valence-electron chi connectivity index (χ3n) is 4.28. The van der Waals surface area contributed by atoms with E-state index in [1.165, 1.54) is 6.92 Å². The summed E-state index contributed by atoms with van der Waals surface area (Å²) in [4.78, 5) is 37.5. The van der Waals surface area contributed by atoms with Gasteiger partial charge in [-0.1, -0.05) is 17.2 Å². The van der Waals surface area contributed by atoms with Gasteiger partial charge in [0.1, 0.15) is 6.04 Å². The number of carboxylic acids is 1. The molecule has 0 aromatic heterocycles. The van der Waals surface area contributed by atoms with Crippen molar-refractivity contribution in [1.29, 1.82) is 0 Å². The molecule has 0 spiro atoms. The minimum Gasteiger partial charge on any atom is -0.480 e. The van der Waals surface area contributed by atoms with Gasteiger partial charge in [0, 0.05) is 18.7 Å². The number of likely N-dealkylation sites (tertiary alicyclic amines) is 1. The van der Waals surface area contributed by atoms with E-state index in [0.29, 0.717) is 25.1 Å². The third kappa shape index (κ3) is 4.34. The second-order valence-corrected chi connectivity index (χ2v) is 6.54. The Labute approximate surface area is 141 Å². The number of nitrogens with zero attached hydrogens (tertiary/aromatic N) is 1. The molecule has 1 aromatic carbocycles. The van der Waals surface area contributed by atoms with Crippen LogP contribution >= 0.6 is 0 Å². The van der Waals surface area contributed by atoms with E-state index < -0.39 is 12.0 Å². The summed E-state index contributed by atoms with van der Waals surface area (Å²) in [6.07, 6.45) is 1.39. The Bertz CT molecular complexity index is 636. The molecule has 0 bridgehead atoms. The van der Waals surface area contributed by atoms with E-state index >= 15 is 0 Å². The Morgan fingerprint density at radius 1 is 1.21 bits per heavy atom. The Balaban J connectivity index is 2.05. The standard InChI is InChI=1S/C18H24N2O4/c1-11-7-12(2)9-15(8-11)17(22)20-6-4-5-14(10-20)16(21)19-13(3)18(23)24/h7-9,13-14H,4-6,10H2,1-3H3,(H,19,21)(H,23,24)/t13-,14?/m1/s1. The lowest BCUT2D eigenvalue weighted by atomic mass is 9.95. The topological polar surface area (TPSA) is 86.7 Å². The Morgan fingerprint density at radius 3 is 2.42 bits per heavy atom. The lowest BCUT2D eigenvalue weighted by molar-refractivity contribution is -0.142. The molecular weight excluding hydrogens is 308 g/mol. The molecule has 0 radical (unpaired) electrons. The Hall–Kier alpha value is -2.37. The zero-order chi connectivity index (χ0) is 17.9. The van der Waals surface area contributed by atoms with Crippen LogP contribution in [0.3, 0.4) is 0 Å². The second kappa shape index (κ2) is 7.47. The zero-order valence-corrected chi connectivity index (χ0v) is 14.3. The second-order valence-electron chi connectivity index (χ2n) is 6.54. The fourth-order valence-electron chi connectivity index (χ4n) is 3.05. The van der Waals surface area contributed by atoms with Crippen molar-refractivity contribution in [2.75, 3.05) is 13.1 Å². The number of hydrogen-bond donors (Lipinski definition) is 2. The van der Waals surface area contributed by atoms with Gasteiger partial charge in [0.05, 0.1) is 5.92 Å². The van der Waals surface area contributed by atoms with Crippen LogP contribution in [0.5, 0.6) is 0 Å². The van der Waals surface area contributed by atoms with Crippen LogP contribution in [0.1, 0.15) is 41.3 Å². The molecule has 130 valence electrons. The van der Waals surface area contributed by atoms with Crippen LogP contribution in [0.2, 0.25) is 0 Å². The predicted molar refractivity (Wildman–Crippen MR) is 89.8 cm³/mol. The van der Waals surface area contributed by atoms with Crippen LogP contribution in [0.4, 0.5) is 0 Å². The van der Waals surface area contributed by atoms with E-state index in [1.54, 1.807) is 4.90 Å². The number of carbonyl (C=O) groups excluding carboxylic acids is 2. The molecule has 1 aliphatic heterocycles. The number of aliphatic carboxylic acids is 1. The normalized spacial score (nSPS) is 18.8. The highest BCUT2D eigenvalue weighted by Gasteiger charge is 2.30. The molecule has 1 heterocycles. The molecule has 0 saturated carbocycles. The van der Waals surface area contributed by atoms with Crippen molar-refractivity contribution in [3.8, 4) is 0 Å². The molecule has 1 saturated heterocycles. The van der Waals surface area contributed by atoms with Crippen molar-refractivity contribution in [3.63, 3.8) is 0 Å². The molecule has 1 unspecified atom stereocenters. The zero-order valence-electron chi connectivity index (χ0n) is 14.3. The van der Waals surface area contributed by atoms with Crippen molar-refractivity contribution in [2.24, 2.45) is 5.92 Å². The summed E-state index contributed by atoms with van der Waals surface area (Å²) < 4.78 is 0. The van der Waals surface area contributed by atoms with E-state index in [1.807, 2.05) is 32.0 Å². The summed E-state index contributed by atoms with van der Waals surface area (Å²) in [6.45, 7) is 6.27. The van der Waals surface area contributed by atoms with Gasteiger partial charge >= 0.3 is 5.97 Å². The highest BCUT2D eigenvalue weighted by molar-refractivity contribution is 5.95. The van der Waals surface area contributed by atoms with Crippen molar-refractivity contribution < 1.29 is 19.5 Å². The molecule has 6 heteroatoms. The van der Waals surface area contributed by atoms with Gasteiger partial charge in [0.25, 0.3) is 5.91 Å².